The summed E-state index contributed by atoms with van der Waals surface area (Å²) < 4.78 is 24.2. The van der Waals surface area contributed by atoms with Crippen molar-refractivity contribution in [1.82, 2.24) is 15.1 Å². The number of methoxy groups -OCH3 is 1. The molecule has 162 valence electrons. The quantitative estimate of drug-likeness (QED) is 0.553. The molecule has 2 aromatic carbocycles. The highest BCUT2D eigenvalue weighted by Crippen LogP contribution is 2.31. The Bertz CT molecular complexity index is 1020. The Labute approximate surface area is 184 Å². The Hall–Kier alpha value is -3.00. The van der Waals surface area contributed by atoms with Crippen LogP contribution in [0.4, 0.5) is 4.39 Å². The number of carbonyl (C=O) groups excluding carboxylic acids is 1. The Morgan fingerprint density at radius 3 is 2.58 bits per heavy atom. The smallest absolute Gasteiger partial charge is 0.260 e. The van der Waals surface area contributed by atoms with E-state index in [0.29, 0.717) is 19.0 Å². The second-order valence-electron chi connectivity index (χ2n) is 7.43. The Balaban J connectivity index is 1.26. The van der Waals surface area contributed by atoms with E-state index >= 15 is 0 Å². The number of ether oxygens (including phenoxy) is 2. The van der Waals surface area contributed by atoms with Gasteiger partial charge in [0.25, 0.3) is 5.91 Å². The van der Waals surface area contributed by atoms with Crippen molar-refractivity contribution in [1.29, 1.82) is 0 Å². The molecule has 0 atom stereocenters. The summed E-state index contributed by atoms with van der Waals surface area (Å²) in [6, 6.07) is 14.1. The average Bonchev–Trinajstić information content (AvgIpc) is 3.27. The first-order chi connectivity index (χ1) is 15.1. The number of likely N-dealkylation sites (tertiary alicyclic amines) is 1. The molecule has 1 aromatic heterocycles. The number of carbonyl (C=O) groups is 1. The maximum atomic E-state index is 13.6. The molecular weight excluding hydrogens is 417 g/mol. The van der Waals surface area contributed by atoms with Gasteiger partial charge in [0.05, 0.1) is 7.11 Å². The summed E-state index contributed by atoms with van der Waals surface area (Å²) in [5.74, 6) is 0.653. The minimum Gasteiger partial charge on any atom is -0.497 e. The molecule has 6 nitrogen and oxygen atoms in total. The molecule has 8 heteroatoms. The third kappa shape index (κ3) is 5.38. The summed E-state index contributed by atoms with van der Waals surface area (Å²) in [6.07, 6.45) is 2.41. The number of hydrogen-bond donors (Lipinski definition) is 0. The lowest BCUT2D eigenvalue weighted by Crippen LogP contribution is -2.40. The van der Waals surface area contributed by atoms with Crippen LogP contribution < -0.4 is 9.47 Å². The fourth-order valence-corrected chi connectivity index (χ4v) is 4.64. The molecule has 1 saturated heterocycles. The topological polar surface area (TPSA) is 64.6 Å². The fraction of sp³-hybridized carbons (Fsp3) is 0.348. The molecule has 4 rings (SSSR count). The van der Waals surface area contributed by atoms with Crippen molar-refractivity contribution in [2.75, 3.05) is 26.8 Å². The van der Waals surface area contributed by atoms with Gasteiger partial charge < -0.3 is 14.4 Å². The maximum Gasteiger partial charge on any atom is 0.260 e. The lowest BCUT2D eigenvalue weighted by atomic mass is 9.98. The number of piperidine rings is 1. The number of halogens is 1. The Kier molecular flexibility index (Phi) is 6.76. The van der Waals surface area contributed by atoms with E-state index in [-0.39, 0.29) is 18.3 Å². The highest BCUT2D eigenvalue weighted by molar-refractivity contribution is 7.11. The van der Waals surface area contributed by atoms with Gasteiger partial charge in [-0.05, 0) is 42.7 Å². The SMILES string of the molecule is COc1ccc(Cc2nnc(C3CCN(C(=O)COc4ccccc4F)CC3)s2)cc1. The van der Waals surface area contributed by atoms with Gasteiger partial charge in [-0.1, -0.05) is 24.3 Å². The minimum absolute atomic E-state index is 0.101. The van der Waals surface area contributed by atoms with Crippen LogP contribution >= 0.6 is 11.3 Å². The van der Waals surface area contributed by atoms with E-state index in [2.05, 4.69) is 10.2 Å². The number of hydrogen-bond acceptors (Lipinski definition) is 6. The van der Waals surface area contributed by atoms with Crippen LogP contribution in [-0.4, -0.2) is 47.8 Å². The molecule has 2 heterocycles. The highest BCUT2D eigenvalue weighted by atomic mass is 32.1. The van der Waals surface area contributed by atoms with Crippen LogP contribution in [0.15, 0.2) is 48.5 Å². The van der Waals surface area contributed by atoms with E-state index in [1.807, 2.05) is 24.3 Å². The van der Waals surface area contributed by atoms with Gasteiger partial charge in [0, 0.05) is 25.4 Å². The van der Waals surface area contributed by atoms with Gasteiger partial charge in [-0.3, -0.25) is 4.79 Å². The fourth-order valence-electron chi connectivity index (χ4n) is 3.59. The summed E-state index contributed by atoms with van der Waals surface area (Å²) >= 11 is 1.64. The highest BCUT2D eigenvalue weighted by Gasteiger charge is 2.26. The average molecular weight is 442 g/mol. The van der Waals surface area contributed by atoms with Crippen LogP contribution in [0.2, 0.25) is 0 Å². The van der Waals surface area contributed by atoms with Crippen LogP contribution in [0.3, 0.4) is 0 Å². The van der Waals surface area contributed by atoms with Crippen molar-refractivity contribution in [3.8, 4) is 11.5 Å². The molecule has 0 radical (unpaired) electrons. The minimum atomic E-state index is -0.462. The number of aromatic nitrogens is 2. The molecule has 0 aliphatic carbocycles. The molecule has 3 aromatic rings. The lowest BCUT2D eigenvalue weighted by molar-refractivity contribution is -0.134. The lowest BCUT2D eigenvalue weighted by Gasteiger charge is -2.30. The molecule has 1 aliphatic heterocycles. The van der Waals surface area contributed by atoms with Crippen molar-refractivity contribution in [2.24, 2.45) is 0 Å². The monoisotopic (exact) mass is 441 g/mol. The van der Waals surface area contributed by atoms with E-state index in [0.717, 1.165) is 35.0 Å². The van der Waals surface area contributed by atoms with E-state index in [9.17, 15) is 9.18 Å². The molecule has 0 unspecified atom stereocenters. The van der Waals surface area contributed by atoms with Crippen molar-refractivity contribution in [3.63, 3.8) is 0 Å². The van der Waals surface area contributed by atoms with Crippen LogP contribution in [0.25, 0.3) is 0 Å². The summed E-state index contributed by atoms with van der Waals surface area (Å²) in [5, 5.41) is 10.8. The first-order valence-corrected chi connectivity index (χ1v) is 11.0. The maximum absolute atomic E-state index is 13.6. The summed E-state index contributed by atoms with van der Waals surface area (Å²) in [7, 11) is 1.65. The number of para-hydroxylation sites is 1. The van der Waals surface area contributed by atoms with Gasteiger partial charge >= 0.3 is 0 Å². The third-order valence-electron chi connectivity index (χ3n) is 5.38. The second-order valence-corrected chi connectivity index (χ2v) is 8.53. The second kappa shape index (κ2) is 9.87. The van der Waals surface area contributed by atoms with Gasteiger partial charge in [-0.25, -0.2) is 4.39 Å². The van der Waals surface area contributed by atoms with E-state index in [1.165, 1.54) is 17.7 Å². The first kappa shape index (κ1) is 21.2. The van der Waals surface area contributed by atoms with Crippen molar-refractivity contribution < 1.29 is 18.7 Å². The predicted molar refractivity (Wildman–Crippen MR) is 116 cm³/mol. The zero-order valence-electron chi connectivity index (χ0n) is 17.3. The van der Waals surface area contributed by atoms with Crippen LogP contribution in [0.5, 0.6) is 11.5 Å². The number of amides is 1. The Morgan fingerprint density at radius 2 is 1.87 bits per heavy atom. The van der Waals surface area contributed by atoms with Gasteiger partial charge in [0.2, 0.25) is 0 Å². The molecule has 0 bridgehead atoms. The number of rotatable bonds is 7. The van der Waals surface area contributed by atoms with Crippen LogP contribution in [0, 0.1) is 5.82 Å². The predicted octanol–water partition coefficient (Wildman–Crippen LogP) is 4.06. The van der Waals surface area contributed by atoms with E-state index in [1.54, 1.807) is 35.5 Å². The van der Waals surface area contributed by atoms with Crippen LogP contribution in [0.1, 0.15) is 34.3 Å². The molecule has 1 fully saturated rings. The van der Waals surface area contributed by atoms with Crippen LogP contribution in [-0.2, 0) is 11.2 Å². The van der Waals surface area contributed by atoms with E-state index in [4.69, 9.17) is 9.47 Å². The van der Waals surface area contributed by atoms with Crippen molar-refractivity contribution >= 4 is 17.2 Å². The molecule has 1 aliphatic rings. The van der Waals surface area contributed by atoms with Crippen molar-refractivity contribution in [2.45, 2.75) is 25.2 Å². The normalized spacial score (nSPS) is 14.5. The molecule has 0 saturated carbocycles. The zero-order valence-corrected chi connectivity index (χ0v) is 18.1. The molecule has 31 heavy (non-hydrogen) atoms. The van der Waals surface area contributed by atoms with E-state index < -0.39 is 5.82 Å². The summed E-state index contributed by atoms with van der Waals surface area (Å²) in [5.41, 5.74) is 1.17. The molecular formula is C23H24FN3O3S. The number of benzene rings is 2. The van der Waals surface area contributed by atoms with Gasteiger partial charge in [-0.2, -0.15) is 0 Å². The van der Waals surface area contributed by atoms with Gasteiger partial charge in [0.1, 0.15) is 15.8 Å². The number of nitrogens with zero attached hydrogens (tertiary/aromatic N) is 3. The first-order valence-electron chi connectivity index (χ1n) is 10.2. The van der Waals surface area contributed by atoms with Crippen molar-refractivity contribution in [3.05, 3.63) is 69.9 Å². The standard InChI is InChI=1S/C23H24FN3O3S/c1-29-18-8-6-16(7-9-18)14-21-25-26-23(31-21)17-10-12-27(13-11-17)22(28)15-30-20-5-3-2-4-19(20)24/h2-9,17H,10-15H2,1H3. The largest absolute Gasteiger partial charge is 0.497 e. The summed E-state index contributed by atoms with van der Waals surface area (Å²) in [6.45, 7) is 1.12. The molecule has 0 spiro atoms. The van der Waals surface area contributed by atoms with Gasteiger partial charge in [0.15, 0.2) is 18.2 Å². The molecule has 0 N–H and O–H groups in total. The third-order valence-corrected chi connectivity index (χ3v) is 6.47. The summed E-state index contributed by atoms with van der Waals surface area (Å²) in [4.78, 5) is 14.2. The molecule has 1 amide bonds. The van der Waals surface area contributed by atoms with Gasteiger partial charge in [-0.15, -0.1) is 21.5 Å². The Morgan fingerprint density at radius 1 is 1.13 bits per heavy atom. The zero-order chi connectivity index (χ0) is 21.6.